The van der Waals surface area contributed by atoms with Gasteiger partial charge >= 0.3 is 0 Å². The van der Waals surface area contributed by atoms with Crippen molar-refractivity contribution in [2.45, 2.75) is 45.2 Å². The Balaban J connectivity index is 1.85. The first kappa shape index (κ1) is 9.47. The van der Waals surface area contributed by atoms with Crippen LogP contribution in [0.4, 0.5) is 0 Å². The molecule has 76 valence electrons. The highest BCUT2D eigenvalue weighted by atomic mass is 15.2. The van der Waals surface area contributed by atoms with Crippen LogP contribution in [0.15, 0.2) is 0 Å². The number of nitrogens with zero attached hydrogens (tertiary/aromatic N) is 1. The van der Waals surface area contributed by atoms with Gasteiger partial charge in [-0.15, -0.1) is 0 Å². The summed E-state index contributed by atoms with van der Waals surface area (Å²) >= 11 is 0. The second kappa shape index (κ2) is 3.97. The average Bonchev–Trinajstić information content (AvgIpc) is 2.00. The maximum Gasteiger partial charge on any atom is 0.00698 e. The quantitative estimate of drug-likeness (QED) is 0.695. The Morgan fingerprint density at radius 3 is 2.23 bits per heavy atom. The molecule has 0 saturated carbocycles. The van der Waals surface area contributed by atoms with E-state index >= 15 is 0 Å². The van der Waals surface area contributed by atoms with Crippen molar-refractivity contribution in [1.29, 1.82) is 0 Å². The van der Waals surface area contributed by atoms with Gasteiger partial charge in [0.1, 0.15) is 0 Å². The van der Waals surface area contributed by atoms with E-state index in [-0.39, 0.29) is 0 Å². The van der Waals surface area contributed by atoms with Gasteiger partial charge in [0.25, 0.3) is 0 Å². The lowest BCUT2D eigenvalue weighted by molar-refractivity contribution is 0.0722. The molecule has 2 heterocycles. The Labute approximate surface area is 81.7 Å². The van der Waals surface area contributed by atoms with Crippen LogP contribution in [0.5, 0.6) is 0 Å². The van der Waals surface area contributed by atoms with E-state index in [9.17, 15) is 0 Å². The van der Waals surface area contributed by atoms with Crippen LogP contribution in [0.2, 0.25) is 0 Å². The topological polar surface area (TPSA) is 15.3 Å². The van der Waals surface area contributed by atoms with Crippen molar-refractivity contribution in [2.75, 3.05) is 19.6 Å². The maximum absolute atomic E-state index is 3.35. The lowest BCUT2D eigenvalue weighted by Crippen LogP contribution is -2.53. The smallest absolute Gasteiger partial charge is 0.00698 e. The van der Waals surface area contributed by atoms with E-state index in [2.05, 4.69) is 24.1 Å². The number of hydrogen-bond acceptors (Lipinski definition) is 2. The summed E-state index contributed by atoms with van der Waals surface area (Å²) < 4.78 is 0. The third kappa shape index (κ3) is 2.05. The molecule has 0 aliphatic carbocycles. The summed E-state index contributed by atoms with van der Waals surface area (Å²) in [4.78, 5) is 2.72. The second-order valence-corrected chi connectivity index (χ2v) is 4.85. The molecular formula is C11H22N2. The Kier molecular flexibility index (Phi) is 2.89. The van der Waals surface area contributed by atoms with Gasteiger partial charge in [-0.1, -0.05) is 6.42 Å². The van der Waals surface area contributed by atoms with Crippen molar-refractivity contribution < 1.29 is 0 Å². The summed E-state index contributed by atoms with van der Waals surface area (Å²) in [6.07, 6.45) is 4.25. The molecule has 0 radical (unpaired) electrons. The molecule has 2 nitrogen and oxygen atoms in total. The lowest BCUT2D eigenvalue weighted by Gasteiger charge is -2.43. The fourth-order valence-electron chi connectivity index (χ4n) is 2.61. The van der Waals surface area contributed by atoms with Gasteiger partial charge in [0.2, 0.25) is 0 Å². The molecule has 2 saturated heterocycles. The van der Waals surface area contributed by atoms with Gasteiger partial charge < -0.3 is 5.32 Å². The predicted molar refractivity (Wildman–Crippen MR) is 55.8 cm³/mol. The van der Waals surface area contributed by atoms with Gasteiger partial charge in [-0.3, -0.25) is 4.90 Å². The molecule has 2 aliphatic heterocycles. The van der Waals surface area contributed by atoms with Gasteiger partial charge in [-0.05, 0) is 32.6 Å². The summed E-state index contributed by atoms with van der Waals surface area (Å²) in [5.41, 5.74) is 0. The fraction of sp³-hybridized carbons (Fsp3) is 1.00. The predicted octanol–water partition coefficient (Wildman–Crippen LogP) is 1.47. The fourth-order valence-corrected chi connectivity index (χ4v) is 2.61. The Morgan fingerprint density at radius 2 is 1.77 bits per heavy atom. The van der Waals surface area contributed by atoms with E-state index in [0.29, 0.717) is 0 Å². The first-order chi connectivity index (χ1) is 6.27. The third-order valence-electron chi connectivity index (χ3n) is 3.71. The van der Waals surface area contributed by atoms with E-state index in [4.69, 9.17) is 0 Å². The van der Waals surface area contributed by atoms with E-state index in [1.807, 2.05) is 0 Å². The van der Waals surface area contributed by atoms with Crippen LogP contribution in [0, 0.1) is 5.92 Å². The zero-order valence-corrected chi connectivity index (χ0v) is 8.92. The van der Waals surface area contributed by atoms with E-state index < -0.39 is 0 Å². The Morgan fingerprint density at radius 1 is 1.15 bits per heavy atom. The average molecular weight is 182 g/mol. The minimum Gasteiger partial charge on any atom is -0.316 e. The highest BCUT2D eigenvalue weighted by Crippen LogP contribution is 2.24. The lowest BCUT2D eigenvalue weighted by atomic mass is 9.94. The molecule has 2 rings (SSSR count). The van der Waals surface area contributed by atoms with E-state index in [1.165, 1.54) is 38.9 Å². The zero-order chi connectivity index (χ0) is 9.26. The Hall–Kier alpha value is -0.0800. The molecule has 0 amide bonds. The highest BCUT2D eigenvalue weighted by Gasteiger charge is 2.28. The number of piperidine rings is 1. The van der Waals surface area contributed by atoms with Crippen LogP contribution in [0.3, 0.4) is 0 Å². The van der Waals surface area contributed by atoms with Crippen LogP contribution in [0.25, 0.3) is 0 Å². The van der Waals surface area contributed by atoms with Crippen molar-refractivity contribution in [3.05, 3.63) is 0 Å². The molecule has 2 heteroatoms. The summed E-state index contributed by atoms with van der Waals surface area (Å²) in [5.74, 6) is 0.933. The van der Waals surface area contributed by atoms with Crippen molar-refractivity contribution in [3.8, 4) is 0 Å². The highest BCUT2D eigenvalue weighted by molar-refractivity contribution is 4.85. The standard InChI is InChI=1S/C11H22N2/c1-9-4-3-5-10(2)13(9)8-11-6-12-7-11/h9-12H,3-8H2,1-2H3. The minimum absolute atomic E-state index is 0.823. The van der Waals surface area contributed by atoms with Gasteiger partial charge in [0, 0.05) is 31.7 Å². The number of nitrogens with one attached hydrogen (secondary N) is 1. The summed E-state index contributed by atoms with van der Waals surface area (Å²) in [7, 11) is 0. The number of likely N-dealkylation sites (tertiary alicyclic amines) is 1. The molecule has 0 aromatic carbocycles. The van der Waals surface area contributed by atoms with Crippen LogP contribution in [0.1, 0.15) is 33.1 Å². The molecule has 2 fully saturated rings. The van der Waals surface area contributed by atoms with Crippen molar-refractivity contribution in [1.82, 2.24) is 10.2 Å². The van der Waals surface area contributed by atoms with Gasteiger partial charge in [0.05, 0.1) is 0 Å². The van der Waals surface area contributed by atoms with Crippen LogP contribution in [-0.2, 0) is 0 Å². The molecule has 0 spiro atoms. The van der Waals surface area contributed by atoms with Crippen molar-refractivity contribution >= 4 is 0 Å². The largest absolute Gasteiger partial charge is 0.316 e. The first-order valence-corrected chi connectivity index (χ1v) is 5.74. The summed E-state index contributed by atoms with van der Waals surface area (Å²) in [6, 6.07) is 1.65. The normalized spacial score (nSPS) is 37.4. The van der Waals surface area contributed by atoms with Crippen LogP contribution < -0.4 is 5.32 Å². The maximum atomic E-state index is 3.35. The third-order valence-corrected chi connectivity index (χ3v) is 3.71. The molecule has 2 aliphatic rings. The molecule has 0 bridgehead atoms. The van der Waals surface area contributed by atoms with Gasteiger partial charge in [-0.25, -0.2) is 0 Å². The van der Waals surface area contributed by atoms with Gasteiger partial charge in [0.15, 0.2) is 0 Å². The molecule has 2 unspecified atom stereocenters. The van der Waals surface area contributed by atoms with Gasteiger partial charge in [-0.2, -0.15) is 0 Å². The molecular weight excluding hydrogens is 160 g/mol. The van der Waals surface area contributed by atoms with E-state index in [1.54, 1.807) is 0 Å². The first-order valence-electron chi connectivity index (χ1n) is 5.74. The number of hydrogen-bond donors (Lipinski definition) is 1. The van der Waals surface area contributed by atoms with Crippen LogP contribution in [-0.4, -0.2) is 36.6 Å². The molecule has 0 aromatic rings. The zero-order valence-electron chi connectivity index (χ0n) is 8.92. The molecule has 2 atom stereocenters. The number of rotatable bonds is 2. The van der Waals surface area contributed by atoms with Crippen LogP contribution >= 0.6 is 0 Å². The van der Waals surface area contributed by atoms with E-state index in [0.717, 1.165) is 18.0 Å². The van der Waals surface area contributed by atoms with Crippen molar-refractivity contribution in [3.63, 3.8) is 0 Å². The SMILES string of the molecule is CC1CCCC(C)N1CC1CNC1. The summed E-state index contributed by atoms with van der Waals surface area (Å²) in [6.45, 7) is 8.60. The van der Waals surface area contributed by atoms with Crippen molar-refractivity contribution in [2.24, 2.45) is 5.92 Å². The molecule has 13 heavy (non-hydrogen) atoms. The minimum atomic E-state index is 0.823. The molecule has 0 aromatic heterocycles. The second-order valence-electron chi connectivity index (χ2n) is 4.85. The Bertz CT molecular complexity index is 155. The monoisotopic (exact) mass is 182 g/mol. The summed E-state index contributed by atoms with van der Waals surface area (Å²) in [5, 5.41) is 3.35. The molecule has 1 N–H and O–H groups in total.